The zero-order valence-corrected chi connectivity index (χ0v) is 7.82. The van der Waals surface area contributed by atoms with Gasteiger partial charge in [-0.1, -0.05) is 5.21 Å². The molecule has 0 aliphatic heterocycles. The number of hydrogen-bond donors (Lipinski definition) is 0. The Morgan fingerprint density at radius 2 is 2.38 bits per heavy atom. The summed E-state index contributed by atoms with van der Waals surface area (Å²) in [5.41, 5.74) is 1.69. The van der Waals surface area contributed by atoms with Crippen LogP contribution in [0.1, 0.15) is 11.4 Å². The molecule has 70 valence electrons. The molecule has 0 unspecified atom stereocenters. The smallest absolute Gasteiger partial charge is 0.0996 e. The molecular weight excluding hydrogens is 168 g/mol. The molecule has 0 aliphatic carbocycles. The molecule has 0 amide bonds. The Bertz CT molecular complexity index is 312. The number of nitriles is 1. The van der Waals surface area contributed by atoms with Crippen molar-refractivity contribution in [3.8, 4) is 6.07 Å². The molecule has 0 saturated carbocycles. The van der Waals surface area contributed by atoms with Crippen LogP contribution in [0.2, 0.25) is 0 Å². The number of aromatic nitrogens is 3. The van der Waals surface area contributed by atoms with Gasteiger partial charge in [0, 0.05) is 7.11 Å². The zero-order valence-electron chi connectivity index (χ0n) is 7.82. The van der Waals surface area contributed by atoms with Gasteiger partial charge < -0.3 is 4.74 Å². The van der Waals surface area contributed by atoms with E-state index in [2.05, 4.69) is 10.3 Å². The van der Waals surface area contributed by atoms with Crippen molar-refractivity contribution in [3.05, 3.63) is 11.4 Å². The van der Waals surface area contributed by atoms with Crippen molar-refractivity contribution in [1.29, 1.82) is 5.26 Å². The summed E-state index contributed by atoms with van der Waals surface area (Å²) in [5, 5.41) is 16.3. The first-order chi connectivity index (χ1) is 6.29. The van der Waals surface area contributed by atoms with Gasteiger partial charge in [0.25, 0.3) is 0 Å². The lowest BCUT2D eigenvalue weighted by Gasteiger charge is -2.00. The van der Waals surface area contributed by atoms with Crippen LogP contribution in [0.15, 0.2) is 0 Å². The maximum Gasteiger partial charge on any atom is 0.0996 e. The Labute approximate surface area is 76.9 Å². The van der Waals surface area contributed by atoms with E-state index in [0.29, 0.717) is 19.6 Å². The molecule has 0 N–H and O–H groups in total. The summed E-state index contributed by atoms with van der Waals surface area (Å²) in [5.74, 6) is 0. The second-order valence-electron chi connectivity index (χ2n) is 2.67. The second-order valence-corrected chi connectivity index (χ2v) is 2.67. The molecule has 5 nitrogen and oxygen atoms in total. The summed E-state index contributed by atoms with van der Waals surface area (Å²) < 4.78 is 6.66. The van der Waals surface area contributed by atoms with Gasteiger partial charge in [0.2, 0.25) is 0 Å². The van der Waals surface area contributed by atoms with Gasteiger partial charge in [-0.2, -0.15) is 5.26 Å². The first-order valence-corrected chi connectivity index (χ1v) is 4.04. The van der Waals surface area contributed by atoms with Crippen LogP contribution in [0.4, 0.5) is 0 Å². The number of nitrogens with zero attached hydrogens (tertiary/aromatic N) is 4. The van der Waals surface area contributed by atoms with Crippen LogP contribution in [0.25, 0.3) is 0 Å². The summed E-state index contributed by atoms with van der Waals surface area (Å²) in [4.78, 5) is 0. The van der Waals surface area contributed by atoms with Gasteiger partial charge in [0.15, 0.2) is 0 Å². The van der Waals surface area contributed by atoms with E-state index in [1.165, 1.54) is 0 Å². The van der Waals surface area contributed by atoms with Gasteiger partial charge in [0.1, 0.15) is 0 Å². The van der Waals surface area contributed by atoms with Crippen LogP contribution < -0.4 is 0 Å². The molecule has 5 heteroatoms. The lowest BCUT2D eigenvalue weighted by atomic mass is 10.3. The molecule has 0 fully saturated rings. The number of ether oxygens (including phenoxy) is 1. The standard InChI is InChI=1S/C8H12N4O/c1-7-8(3-4-9)10-11-12(7)5-6-13-2/h3,5-6H2,1-2H3. The third kappa shape index (κ3) is 2.26. The number of methoxy groups -OCH3 is 1. The third-order valence-electron chi connectivity index (χ3n) is 1.83. The Morgan fingerprint density at radius 3 is 3.00 bits per heavy atom. The SMILES string of the molecule is COCCn1nnc(CC#N)c1C. The van der Waals surface area contributed by atoms with E-state index in [1.807, 2.05) is 13.0 Å². The summed E-state index contributed by atoms with van der Waals surface area (Å²) in [7, 11) is 1.64. The monoisotopic (exact) mass is 180 g/mol. The maximum atomic E-state index is 8.48. The molecular formula is C8H12N4O. The fourth-order valence-electron chi connectivity index (χ4n) is 1.02. The summed E-state index contributed by atoms with van der Waals surface area (Å²) in [6.45, 7) is 3.19. The van der Waals surface area contributed by atoms with Gasteiger partial charge >= 0.3 is 0 Å². The van der Waals surface area contributed by atoms with Crippen LogP contribution in [0.3, 0.4) is 0 Å². The van der Waals surface area contributed by atoms with E-state index >= 15 is 0 Å². The summed E-state index contributed by atoms with van der Waals surface area (Å²) >= 11 is 0. The summed E-state index contributed by atoms with van der Waals surface area (Å²) in [6, 6.07) is 2.05. The van der Waals surface area contributed by atoms with Crippen molar-refractivity contribution in [2.75, 3.05) is 13.7 Å². The van der Waals surface area contributed by atoms with Crippen LogP contribution in [0.5, 0.6) is 0 Å². The van der Waals surface area contributed by atoms with Crippen molar-refractivity contribution in [2.45, 2.75) is 19.9 Å². The van der Waals surface area contributed by atoms with Gasteiger partial charge in [-0.3, -0.25) is 0 Å². The first-order valence-electron chi connectivity index (χ1n) is 4.04. The highest BCUT2D eigenvalue weighted by Crippen LogP contribution is 2.03. The lowest BCUT2D eigenvalue weighted by Crippen LogP contribution is -2.07. The van der Waals surface area contributed by atoms with E-state index in [0.717, 1.165) is 11.4 Å². The fraction of sp³-hybridized carbons (Fsp3) is 0.625. The molecule has 0 aromatic carbocycles. The fourth-order valence-corrected chi connectivity index (χ4v) is 1.02. The van der Waals surface area contributed by atoms with E-state index < -0.39 is 0 Å². The average molecular weight is 180 g/mol. The third-order valence-corrected chi connectivity index (χ3v) is 1.83. The van der Waals surface area contributed by atoms with Gasteiger partial charge in [-0.05, 0) is 6.92 Å². The van der Waals surface area contributed by atoms with Crippen molar-refractivity contribution < 1.29 is 4.74 Å². The quantitative estimate of drug-likeness (QED) is 0.668. The highest BCUT2D eigenvalue weighted by molar-refractivity contribution is 5.11. The molecule has 0 atom stereocenters. The predicted molar refractivity (Wildman–Crippen MR) is 46.0 cm³/mol. The van der Waals surface area contributed by atoms with Crippen LogP contribution in [-0.2, 0) is 17.7 Å². The lowest BCUT2D eigenvalue weighted by molar-refractivity contribution is 0.182. The van der Waals surface area contributed by atoms with E-state index in [1.54, 1.807) is 11.8 Å². The first kappa shape index (κ1) is 9.68. The van der Waals surface area contributed by atoms with E-state index in [4.69, 9.17) is 10.00 Å². The largest absolute Gasteiger partial charge is 0.383 e. The molecule has 1 aromatic heterocycles. The summed E-state index contributed by atoms with van der Waals surface area (Å²) in [6.07, 6.45) is 0.318. The molecule has 13 heavy (non-hydrogen) atoms. The molecule has 1 aromatic rings. The van der Waals surface area contributed by atoms with Gasteiger partial charge in [-0.15, -0.1) is 5.10 Å². The van der Waals surface area contributed by atoms with Crippen molar-refractivity contribution in [2.24, 2.45) is 0 Å². The van der Waals surface area contributed by atoms with Gasteiger partial charge in [-0.25, -0.2) is 4.68 Å². The zero-order chi connectivity index (χ0) is 9.68. The van der Waals surface area contributed by atoms with Crippen molar-refractivity contribution >= 4 is 0 Å². The minimum absolute atomic E-state index is 0.318. The predicted octanol–water partition coefficient (Wildman–Crippen LogP) is 0.299. The number of hydrogen-bond acceptors (Lipinski definition) is 4. The second kappa shape index (κ2) is 4.58. The Hall–Kier alpha value is -1.41. The van der Waals surface area contributed by atoms with Crippen LogP contribution in [-0.4, -0.2) is 28.7 Å². The average Bonchev–Trinajstić information content (AvgIpc) is 2.46. The van der Waals surface area contributed by atoms with Gasteiger partial charge in [0.05, 0.1) is 37.0 Å². The van der Waals surface area contributed by atoms with E-state index in [9.17, 15) is 0 Å². The van der Waals surface area contributed by atoms with Crippen molar-refractivity contribution in [1.82, 2.24) is 15.0 Å². The van der Waals surface area contributed by atoms with Crippen LogP contribution in [0, 0.1) is 18.3 Å². The normalized spacial score (nSPS) is 9.92. The molecule has 0 aliphatic rings. The number of rotatable bonds is 4. The minimum Gasteiger partial charge on any atom is -0.383 e. The molecule has 0 bridgehead atoms. The highest BCUT2D eigenvalue weighted by Gasteiger charge is 2.06. The minimum atomic E-state index is 0.318. The highest BCUT2D eigenvalue weighted by atomic mass is 16.5. The molecule has 0 saturated heterocycles. The Morgan fingerprint density at radius 1 is 1.62 bits per heavy atom. The van der Waals surface area contributed by atoms with E-state index in [-0.39, 0.29) is 0 Å². The molecule has 0 spiro atoms. The Balaban J connectivity index is 2.69. The molecule has 1 rings (SSSR count). The van der Waals surface area contributed by atoms with Crippen LogP contribution >= 0.6 is 0 Å². The molecule has 0 radical (unpaired) electrons. The maximum absolute atomic E-state index is 8.48. The molecule has 1 heterocycles. The topological polar surface area (TPSA) is 63.7 Å². The Kier molecular flexibility index (Phi) is 3.41. The van der Waals surface area contributed by atoms with Crippen molar-refractivity contribution in [3.63, 3.8) is 0 Å².